The number of likely N-dealkylation sites (N-methyl/N-ethyl adjacent to an activating group) is 1. The van der Waals surface area contributed by atoms with Gasteiger partial charge < -0.3 is 4.90 Å². The van der Waals surface area contributed by atoms with Crippen LogP contribution in [0.2, 0.25) is 0 Å². The second-order valence-corrected chi connectivity index (χ2v) is 6.38. The highest BCUT2D eigenvalue weighted by Gasteiger charge is 2.12. The van der Waals surface area contributed by atoms with Crippen LogP contribution in [0.15, 0.2) is 17.5 Å². The van der Waals surface area contributed by atoms with Gasteiger partial charge in [-0.1, -0.05) is 51.5 Å². The van der Waals surface area contributed by atoms with Crippen molar-refractivity contribution in [1.82, 2.24) is 4.90 Å². The smallest absolute Gasteiger partial charge is 0.227 e. The quantitative estimate of drug-likeness (QED) is 0.532. The number of hydrogen-bond acceptors (Lipinski definition) is 2. The Morgan fingerprint density at radius 1 is 1.10 bits per heavy atom. The highest BCUT2D eigenvalue weighted by Crippen LogP contribution is 2.12. The van der Waals surface area contributed by atoms with Crippen molar-refractivity contribution in [3.63, 3.8) is 0 Å². The fourth-order valence-electron chi connectivity index (χ4n) is 2.39. The fourth-order valence-corrected chi connectivity index (χ4v) is 3.09. The van der Waals surface area contributed by atoms with Crippen LogP contribution < -0.4 is 0 Å². The van der Waals surface area contributed by atoms with Crippen LogP contribution in [0.3, 0.4) is 0 Å². The van der Waals surface area contributed by atoms with Gasteiger partial charge >= 0.3 is 0 Å². The normalized spacial score (nSPS) is 10.7. The molecule has 114 valence electrons. The first kappa shape index (κ1) is 17.2. The molecule has 1 amide bonds. The second-order valence-electron chi connectivity index (χ2n) is 5.35. The van der Waals surface area contributed by atoms with Gasteiger partial charge in [0.05, 0.1) is 6.42 Å². The number of amides is 1. The summed E-state index contributed by atoms with van der Waals surface area (Å²) in [4.78, 5) is 15.4. The molecule has 1 heterocycles. The van der Waals surface area contributed by atoms with Gasteiger partial charge in [-0.05, 0) is 24.8 Å². The molecule has 1 aromatic rings. The largest absolute Gasteiger partial charge is 0.343 e. The van der Waals surface area contributed by atoms with E-state index >= 15 is 0 Å². The van der Waals surface area contributed by atoms with Crippen molar-refractivity contribution in [3.05, 3.63) is 22.4 Å². The van der Waals surface area contributed by atoms with Gasteiger partial charge in [0.15, 0.2) is 0 Å². The molecular weight excluding hydrogens is 266 g/mol. The molecule has 1 rings (SSSR count). The van der Waals surface area contributed by atoms with E-state index in [1.807, 2.05) is 22.4 Å². The summed E-state index contributed by atoms with van der Waals surface area (Å²) < 4.78 is 0. The average Bonchev–Trinajstić information content (AvgIpc) is 2.94. The number of nitrogens with zero attached hydrogens (tertiary/aromatic N) is 1. The molecule has 0 aromatic carbocycles. The molecule has 0 atom stereocenters. The highest BCUT2D eigenvalue weighted by atomic mass is 32.1. The minimum Gasteiger partial charge on any atom is -0.343 e. The van der Waals surface area contributed by atoms with E-state index in [-0.39, 0.29) is 5.91 Å². The summed E-state index contributed by atoms with van der Waals surface area (Å²) in [5.74, 6) is 0.279. The van der Waals surface area contributed by atoms with Crippen LogP contribution in [-0.4, -0.2) is 23.9 Å². The first-order chi connectivity index (χ1) is 9.77. The minimum atomic E-state index is 0.279. The van der Waals surface area contributed by atoms with Crippen molar-refractivity contribution in [1.29, 1.82) is 0 Å². The molecule has 0 fully saturated rings. The molecule has 0 N–H and O–H groups in total. The van der Waals surface area contributed by atoms with E-state index in [1.54, 1.807) is 11.3 Å². The van der Waals surface area contributed by atoms with E-state index in [2.05, 4.69) is 13.8 Å². The topological polar surface area (TPSA) is 20.3 Å². The molecule has 0 aliphatic rings. The zero-order valence-corrected chi connectivity index (χ0v) is 13.9. The molecule has 0 aliphatic carbocycles. The first-order valence-corrected chi connectivity index (χ1v) is 8.96. The monoisotopic (exact) mass is 295 g/mol. The molecule has 3 heteroatoms. The maximum absolute atomic E-state index is 12.2. The SMILES string of the molecule is CCCCCCCCCN(CC)C(=O)Cc1cccs1. The summed E-state index contributed by atoms with van der Waals surface area (Å²) >= 11 is 1.67. The van der Waals surface area contributed by atoms with E-state index in [4.69, 9.17) is 0 Å². The lowest BCUT2D eigenvalue weighted by molar-refractivity contribution is -0.130. The lowest BCUT2D eigenvalue weighted by atomic mass is 10.1. The fraction of sp³-hybridized carbons (Fsp3) is 0.706. The van der Waals surface area contributed by atoms with Crippen molar-refractivity contribution >= 4 is 17.2 Å². The number of hydrogen-bond donors (Lipinski definition) is 0. The Kier molecular flexibility index (Phi) is 9.38. The summed E-state index contributed by atoms with van der Waals surface area (Å²) in [6.07, 6.45) is 9.68. The molecule has 0 saturated carbocycles. The Hall–Kier alpha value is -0.830. The van der Waals surface area contributed by atoms with Crippen molar-refractivity contribution in [2.45, 2.75) is 65.2 Å². The number of rotatable bonds is 11. The highest BCUT2D eigenvalue weighted by molar-refractivity contribution is 7.10. The average molecular weight is 295 g/mol. The maximum Gasteiger partial charge on any atom is 0.227 e. The van der Waals surface area contributed by atoms with Crippen LogP contribution in [0.25, 0.3) is 0 Å². The van der Waals surface area contributed by atoms with Gasteiger partial charge in [0, 0.05) is 18.0 Å². The molecule has 20 heavy (non-hydrogen) atoms. The van der Waals surface area contributed by atoms with Crippen molar-refractivity contribution in [3.8, 4) is 0 Å². The van der Waals surface area contributed by atoms with Crippen LogP contribution in [-0.2, 0) is 11.2 Å². The lowest BCUT2D eigenvalue weighted by Gasteiger charge is -2.20. The van der Waals surface area contributed by atoms with Gasteiger partial charge in [0.25, 0.3) is 0 Å². The van der Waals surface area contributed by atoms with Gasteiger partial charge in [-0.3, -0.25) is 4.79 Å². The van der Waals surface area contributed by atoms with Crippen LogP contribution in [0.1, 0.15) is 63.7 Å². The molecular formula is C17H29NOS. The standard InChI is InChI=1S/C17H29NOS/c1-3-5-6-7-8-9-10-13-18(4-2)17(19)15-16-12-11-14-20-16/h11-12,14H,3-10,13,15H2,1-2H3. The molecule has 0 radical (unpaired) electrons. The third-order valence-electron chi connectivity index (χ3n) is 3.67. The molecule has 1 aromatic heterocycles. The summed E-state index contributed by atoms with van der Waals surface area (Å²) in [6, 6.07) is 4.06. The Balaban J connectivity index is 2.14. The summed E-state index contributed by atoms with van der Waals surface area (Å²) in [7, 11) is 0. The van der Waals surface area contributed by atoms with Gasteiger partial charge in [-0.25, -0.2) is 0 Å². The van der Waals surface area contributed by atoms with E-state index in [0.717, 1.165) is 19.5 Å². The zero-order chi connectivity index (χ0) is 14.6. The first-order valence-electron chi connectivity index (χ1n) is 8.08. The number of unbranched alkanes of at least 4 members (excludes halogenated alkanes) is 6. The molecule has 2 nitrogen and oxygen atoms in total. The third-order valence-corrected chi connectivity index (χ3v) is 4.55. The Morgan fingerprint density at radius 3 is 2.40 bits per heavy atom. The zero-order valence-electron chi connectivity index (χ0n) is 13.1. The van der Waals surface area contributed by atoms with Crippen LogP contribution >= 0.6 is 11.3 Å². The van der Waals surface area contributed by atoms with Gasteiger partial charge in [0.1, 0.15) is 0 Å². The summed E-state index contributed by atoms with van der Waals surface area (Å²) in [5, 5.41) is 2.04. The molecule has 0 bridgehead atoms. The number of thiophene rings is 1. The van der Waals surface area contributed by atoms with Crippen molar-refractivity contribution < 1.29 is 4.79 Å². The van der Waals surface area contributed by atoms with E-state index in [0.29, 0.717) is 6.42 Å². The predicted molar refractivity (Wildman–Crippen MR) is 88.3 cm³/mol. The molecule has 0 unspecified atom stereocenters. The van der Waals surface area contributed by atoms with Crippen LogP contribution in [0.4, 0.5) is 0 Å². The van der Waals surface area contributed by atoms with Gasteiger partial charge in [0.2, 0.25) is 5.91 Å². The Bertz CT molecular complexity index is 348. The van der Waals surface area contributed by atoms with Crippen LogP contribution in [0.5, 0.6) is 0 Å². The summed E-state index contributed by atoms with van der Waals surface area (Å²) in [5.41, 5.74) is 0. The van der Waals surface area contributed by atoms with Crippen LogP contribution in [0, 0.1) is 0 Å². The third kappa shape index (κ3) is 7.09. The number of carbonyl (C=O) groups is 1. The predicted octanol–water partition coefficient (Wildman–Crippen LogP) is 4.89. The Morgan fingerprint density at radius 2 is 1.80 bits per heavy atom. The van der Waals surface area contributed by atoms with E-state index in [9.17, 15) is 4.79 Å². The molecule has 0 saturated heterocycles. The van der Waals surface area contributed by atoms with Crippen molar-refractivity contribution in [2.75, 3.05) is 13.1 Å². The summed E-state index contributed by atoms with van der Waals surface area (Å²) in [6.45, 7) is 6.08. The van der Waals surface area contributed by atoms with Gasteiger partial charge in [-0.15, -0.1) is 11.3 Å². The maximum atomic E-state index is 12.2. The molecule has 0 aliphatic heterocycles. The van der Waals surface area contributed by atoms with E-state index in [1.165, 1.54) is 43.4 Å². The lowest BCUT2D eigenvalue weighted by Crippen LogP contribution is -2.32. The number of carbonyl (C=O) groups excluding carboxylic acids is 1. The molecule has 0 spiro atoms. The Labute approximate surface area is 128 Å². The minimum absolute atomic E-state index is 0.279. The van der Waals surface area contributed by atoms with Gasteiger partial charge in [-0.2, -0.15) is 0 Å². The van der Waals surface area contributed by atoms with E-state index < -0.39 is 0 Å². The second kappa shape index (κ2) is 10.9. The van der Waals surface area contributed by atoms with Crippen molar-refractivity contribution in [2.24, 2.45) is 0 Å².